The fourth-order valence-electron chi connectivity index (χ4n) is 2.33. The first kappa shape index (κ1) is 12.0. The fraction of sp³-hybridized carbons (Fsp3) is 0.250. The third-order valence-electron chi connectivity index (χ3n) is 3.58. The maximum Gasteiger partial charge on any atom is 0.124 e. The highest BCUT2D eigenvalue weighted by molar-refractivity contribution is 7.15. The van der Waals surface area contributed by atoms with E-state index in [1.54, 1.807) is 11.3 Å². The molecule has 0 saturated heterocycles. The summed E-state index contributed by atoms with van der Waals surface area (Å²) >= 11 is 1.77. The number of nitrogens with zero attached hydrogens (tertiary/aromatic N) is 2. The average molecular weight is 281 g/mol. The second-order valence-corrected chi connectivity index (χ2v) is 6.28. The number of aromatic nitrogens is 2. The minimum Gasteiger partial charge on any atom is -0.309 e. The number of nitrogens with one attached hydrogen (secondary N) is 1. The summed E-state index contributed by atoms with van der Waals surface area (Å²) in [5.74, 6) is 0. The molecule has 3 aromatic rings. The van der Waals surface area contributed by atoms with Crippen LogP contribution >= 0.6 is 11.3 Å². The van der Waals surface area contributed by atoms with Crippen molar-refractivity contribution in [2.75, 3.05) is 0 Å². The molecule has 4 heteroatoms. The number of thiazole rings is 1. The highest BCUT2D eigenvalue weighted by Gasteiger charge is 2.20. The highest BCUT2D eigenvalue weighted by atomic mass is 32.1. The SMILES string of the molecule is c1ccc2c(-c3ncc(CNC4CC4)s3)ccnc2c1. The van der Waals surface area contributed by atoms with Gasteiger partial charge in [0.25, 0.3) is 0 Å². The molecular weight excluding hydrogens is 266 g/mol. The van der Waals surface area contributed by atoms with Crippen molar-refractivity contribution in [2.24, 2.45) is 0 Å². The molecule has 1 aliphatic carbocycles. The molecule has 0 amide bonds. The predicted molar refractivity (Wildman–Crippen MR) is 82.7 cm³/mol. The van der Waals surface area contributed by atoms with Crippen LogP contribution in [0.4, 0.5) is 0 Å². The van der Waals surface area contributed by atoms with E-state index in [1.165, 1.54) is 28.7 Å². The molecule has 0 unspecified atom stereocenters. The topological polar surface area (TPSA) is 37.8 Å². The van der Waals surface area contributed by atoms with E-state index in [-0.39, 0.29) is 0 Å². The number of para-hydroxylation sites is 1. The van der Waals surface area contributed by atoms with Crippen molar-refractivity contribution in [3.63, 3.8) is 0 Å². The summed E-state index contributed by atoms with van der Waals surface area (Å²) in [5, 5.41) is 5.78. The minimum atomic E-state index is 0.738. The van der Waals surface area contributed by atoms with Crippen LogP contribution in [0.3, 0.4) is 0 Å². The molecule has 2 aromatic heterocycles. The molecule has 0 bridgehead atoms. The monoisotopic (exact) mass is 281 g/mol. The first-order valence-corrected chi connectivity index (χ1v) is 7.74. The van der Waals surface area contributed by atoms with Crippen molar-refractivity contribution in [1.29, 1.82) is 0 Å². The van der Waals surface area contributed by atoms with Gasteiger partial charge in [-0.1, -0.05) is 18.2 Å². The molecule has 2 heterocycles. The molecule has 0 atom stereocenters. The van der Waals surface area contributed by atoms with Gasteiger partial charge in [-0.05, 0) is 25.0 Å². The zero-order valence-corrected chi connectivity index (χ0v) is 11.9. The summed E-state index contributed by atoms with van der Waals surface area (Å²) in [4.78, 5) is 10.3. The lowest BCUT2D eigenvalue weighted by Gasteiger charge is -2.02. The lowest BCUT2D eigenvalue weighted by Crippen LogP contribution is -2.14. The van der Waals surface area contributed by atoms with Gasteiger partial charge in [-0.25, -0.2) is 4.98 Å². The lowest BCUT2D eigenvalue weighted by molar-refractivity contribution is 0.694. The number of fused-ring (bicyclic) bond motifs is 1. The van der Waals surface area contributed by atoms with E-state index in [4.69, 9.17) is 0 Å². The Morgan fingerprint density at radius 2 is 2.05 bits per heavy atom. The normalized spacial score (nSPS) is 14.8. The molecule has 3 nitrogen and oxygen atoms in total. The molecule has 1 saturated carbocycles. The van der Waals surface area contributed by atoms with E-state index >= 15 is 0 Å². The Labute approximate surface area is 121 Å². The van der Waals surface area contributed by atoms with Crippen LogP contribution in [0.2, 0.25) is 0 Å². The molecule has 0 radical (unpaired) electrons. The van der Waals surface area contributed by atoms with E-state index in [0.29, 0.717) is 0 Å². The minimum absolute atomic E-state index is 0.738. The summed E-state index contributed by atoms with van der Waals surface area (Å²) in [7, 11) is 0. The summed E-state index contributed by atoms with van der Waals surface area (Å²) in [6, 6.07) is 11.0. The van der Waals surface area contributed by atoms with Gasteiger partial charge in [0.05, 0.1) is 5.52 Å². The van der Waals surface area contributed by atoms with Crippen LogP contribution < -0.4 is 5.32 Å². The van der Waals surface area contributed by atoms with Gasteiger partial charge in [0.15, 0.2) is 0 Å². The van der Waals surface area contributed by atoms with Gasteiger partial charge in [-0.3, -0.25) is 4.98 Å². The van der Waals surface area contributed by atoms with Crippen LogP contribution in [0.1, 0.15) is 17.7 Å². The predicted octanol–water partition coefficient (Wildman–Crippen LogP) is 3.61. The molecule has 100 valence electrons. The Morgan fingerprint density at radius 3 is 2.95 bits per heavy atom. The van der Waals surface area contributed by atoms with Crippen molar-refractivity contribution in [3.8, 4) is 10.6 Å². The largest absolute Gasteiger partial charge is 0.309 e. The van der Waals surface area contributed by atoms with Crippen LogP contribution in [-0.2, 0) is 6.54 Å². The Morgan fingerprint density at radius 1 is 1.15 bits per heavy atom. The van der Waals surface area contributed by atoms with Crippen molar-refractivity contribution in [3.05, 3.63) is 47.6 Å². The zero-order chi connectivity index (χ0) is 13.4. The van der Waals surface area contributed by atoms with E-state index < -0.39 is 0 Å². The van der Waals surface area contributed by atoms with Crippen molar-refractivity contribution in [2.45, 2.75) is 25.4 Å². The number of hydrogen-bond acceptors (Lipinski definition) is 4. The second kappa shape index (κ2) is 4.96. The maximum absolute atomic E-state index is 4.59. The molecule has 4 rings (SSSR count). The molecule has 20 heavy (non-hydrogen) atoms. The smallest absolute Gasteiger partial charge is 0.124 e. The van der Waals surface area contributed by atoms with E-state index in [9.17, 15) is 0 Å². The standard InChI is InChI=1S/C16H15N3S/c1-2-4-15-13(3-1)14(7-8-17-15)16-19-10-12(20-16)9-18-11-5-6-11/h1-4,7-8,10-11,18H,5-6,9H2. The Balaban J connectivity index is 1.67. The molecule has 1 fully saturated rings. The first-order chi connectivity index (χ1) is 9.90. The zero-order valence-electron chi connectivity index (χ0n) is 11.0. The fourth-order valence-corrected chi connectivity index (χ4v) is 3.23. The van der Waals surface area contributed by atoms with Gasteiger partial charge < -0.3 is 5.32 Å². The van der Waals surface area contributed by atoms with Crippen LogP contribution in [0.5, 0.6) is 0 Å². The summed E-state index contributed by atoms with van der Waals surface area (Å²) in [6.45, 7) is 0.936. The van der Waals surface area contributed by atoms with E-state index in [1.807, 2.05) is 24.5 Å². The molecule has 1 aliphatic rings. The molecule has 0 aliphatic heterocycles. The number of pyridine rings is 1. The average Bonchev–Trinajstić information content (AvgIpc) is 3.21. The number of hydrogen-bond donors (Lipinski definition) is 1. The Bertz CT molecular complexity index is 741. The van der Waals surface area contributed by atoms with Gasteiger partial charge in [0.2, 0.25) is 0 Å². The van der Waals surface area contributed by atoms with Crippen LogP contribution in [0.25, 0.3) is 21.5 Å². The summed E-state index contributed by atoms with van der Waals surface area (Å²) in [6.07, 6.45) is 6.49. The quantitative estimate of drug-likeness (QED) is 0.794. The molecule has 0 spiro atoms. The van der Waals surface area contributed by atoms with Gasteiger partial charge in [0, 0.05) is 40.8 Å². The molecule has 1 N–H and O–H groups in total. The Hall–Kier alpha value is -1.78. The highest BCUT2D eigenvalue weighted by Crippen LogP contribution is 2.31. The maximum atomic E-state index is 4.59. The van der Waals surface area contributed by atoms with Gasteiger partial charge >= 0.3 is 0 Å². The van der Waals surface area contributed by atoms with E-state index in [0.717, 1.165) is 23.1 Å². The Kier molecular flexibility index (Phi) is 2.98. The lowest BCUT2D eigenvalue weighted by atomic mass is 10.1. The number of benzene rings is 1. The summed E-state index contributed by atoms with van der Waals surface area (Å²) < 4.78 is 0. The number of rotatable bonds is 4. The van der Waals surface area contributed by atoms with Gasteiger partial charge in [0.1, 0.15) is 5.01 Å². The molecular formula is C16H15N3S. The third-order valence-corrected chi connectivity index (χ3v) is 4.61. The van der Waals surface area contributed by atoms with Crippen LogP contribution in [0.15, 0.2) is 42.7 Å². The second-order valence-electron chi connectivity index (χ2n) is 5.16. The van der Waals surface area contributed by atoms with Crippen LogP contribution in [-0.4, -0.2) is 16.0 Å². The third kappa shape index (κ3) is 2.32. The van der Waals surface area contributed by atoms with Crippen molar-refractivity contribution in [1.82, 2.24) is 15.3 Å². The summed E-state index contributed by atoms with van der Waals surface area (Å²) in [5.41, 5.74) is 2.20. The van der Waals surface area contributed by atoms with Gasteiger partial charge in [-0.15, -0.1) is 11.3 Å². The van der Waals surface area contributed by atoms with Crippen molar-refractivity contribution < 1.29 is 0 Å². The molecule has 1 aromatic carbocycles. The van der Waals surface area contributed by atoms with Crippen LogP contribution in [0, 0.1) is 0 Å². The first-order valence-electron chi connectivity index (χ1n) is 6.92. The van der Waals surface area contributed by atoms with Crippen molar-refractivity contribution >= 4 is 22.2 Å². The van der Waals surface area contributed by atoms with Gasteiger partial charge in [-0.2, -0.15) is 0 Å². The van der Waals surface area contributed by atoms with E-state index in [2.05, 4.69) is 33.5 Å².